The van der Waals surface area contributed by atoms with Crippen molar-refractivity contribution in [3.05, 3.63) is 77.9 Å². The second kappa shape index (κ2) is 5.93. The number of nitrogens with one attached hydrogen (secondary N) is 1. The molecule has 0 radical (unpaired) electrons. The van der Waals surface area contributed by atoms with Crippen LogP contribution in [0.15, 0.2) is 71.6 Å². The molecule has 0 aliphatic heterocycles. The molecule has 0 fully saturated rings. The first-order chi connectivity index (χ1) is 12.1. The number of hydrogen-bond donors (Lipinski definition) is 1. The smallest absolute Gasteiger partial charge is 0.262 e. The van der Waals surface area contributed by atoms with Crippen LogP contribution in [0, 0.1) is 0 Å². The van der Waals surface area contributed by atoms with Crippen LogP contribution in [0.5, 0.6) is 5.75 Å². The van der Waals surface area contributed by atoms with E-state index in [-0.39, 0.29) is 4.90 Å². The number of sulfonamides is 1. The van der Waals surface area contributed by atoms with Gasteiger partial charge in [-0.05, 0) is 52.9 Å². The fourth-order valence-corrected chi connectivity index (χ4v) is 4.34. The van der Waals surface area contributed by atoms with E-state index >= 15 is 0 Å². The number of benzene rings is 3. The Bertz CT molecular complexity index is 1060. The predicted molar refractivity (Wildman–Crippen MR) is 98.5 cm³/mol. The number of para-hydroxylation sites is 2. The highest BCUT2D eigenvalue weighted by molar-refractivity contribution is 7.92. The molecule has 3 aromatic rings. The minimum Gasteiger partial charge on any atom is -0.495 e. The highest BCUT2D eigenvalue weighted by atomic mass is 32.2. The van der Waals surface area contributed by atoms with Gasteiger partial charge in [0.15, 0.2) is 0 Å². The first-order valence-corrected chi connectivity index (χ1v) is 9.44. The van der Waals surface area contributed by atoms with Gasteiger partial charge in [0.05, 0.1) is 17.7 Å². The molecule has 5 heteroatoms. The van der Waals surface area contributed by atoms with Crippen LogP contribution in [0.3, 0.4) is 0 Å². The summed E-state index contributed by atoms with van der Waals surface area (Å²) in [5.41, 5.74) is 4.97. The summed E-state index contributed by atoms with van der Waals surface area (Å²) < 4.78 is 33.4. The van der Waals surface area contributed by atoms with E-state index in [1.807, 2.05) is 18.2 Å². The summed E-state index contributed by atoms with van der Waals surface area (Å²) in [5.74, 6) is 0.486. The summed E-state index contributed by atoms with van der Waals surface area (Å²) in [4.78, 5) is 0.255. The molecule has 4 nitrogen and oxygen atoms in total. The number of methoxy groups -OCH3 is 1. The van der Waals surface area contributed by atoms with Crippen LogP contribution in [0.1, 0.15) is 11.1 Å². The van der Waals surface area contributed by atoms with Crippen LogP contribution < -0.4 is 9.46 Å². The first-order valence-electron chi connectivity index (χ1n) is 7.95. The molecular formula is C20H17NO3S. The van der Waals surface area contributed by atoms with Gasteiger partial charge in [0.2, 0.25) is 0 Å². The molecule has 0 bridgehead atoms. The van der Waals surface area contributed by atoms with Crippen molar-refractivity contribution in [1.29, 1.82) is 0 Å². The molecule has 0 atom stereocenters. The van der Waals surface area contributed by atoms with Crippen LogP contribution in [-0.2, 0) is 16.4 Å². The molecule has 0 saturated heterocycles. The lowest BCUT2D eigenvalue weighted by Gasteiger charge is -2.12. The number of hydrogen-bond acceptors (Lipinski definition) is 3. The lowest BCUT2D eigenvalue weighted by Crippen LogP contribution is -2.13. The summed E-state index contributed by atoms with van der Waals surface area (Å²) in [5, 5.41) is 0. The highest BCUT2D eigenvalue weighted by Gasteiger charge is 2.22. The Morgan fingerprint density at radius 3 is 2.44 bits per heavy atom. The van der Waals surface area contributed by atoms with E-state index < -0.39 is 10.0 Å². The molecule has 0 aromatic heterocycles. The maximum absolute atomic E-state index is 12.8. The molecule has 0 saturated carbocycles. The number of anilines is 1. The van der Waals surface area contributed by atoms with E-state index in [0.717, 1.165) is 17.5 Å². The third-order valence-corrected chi connectivity index (χ3v) is 5.79. The Hall–Kier alpha value is -2.79. The van der Waals surface area contributed by atoms with Crippen LogP contribution >= 0.6 is 0 Å². The van der Waals surface area contributed by atoms with Crippen molar-refractivity contribution in [2.24, 2.45) is 0 Å². The Kier molecular flexibility index (Phi) is 3.73. The molecule has 0 unspecified atom stereocenters. The standard InChI is InChI=1S/C20H17NO3S/c1-24-20-9-5-4-8-19(20)21-25(22,23)16-10-11-18-15(13-16)12-14-6-2-3-7-17(14)18/h2-11,13,21H,12H2,1H3. The van der Waals surface area contributed by atoms with E-state index in [1.54, 1.807) is 36.4 Å². The van der Waals surface area contributed by atoms with Gasteiger partial charge in [-0.1, -0.05) is 42.5 Å². The second-order valence-corrected chi connectivity index (χ2v) is 7.64. The van der Waals surface area contributed by atoms with Gasteiger partial charge in [-0.15, -0.1) is 0 Å². The SMILES string of the molecule is COc1ccccc1NS(=O)(=O)c1ccc2c(c1)Cc1ccccc1-2. The Balaban J connectivity index is 1.70. The fraction of sp³-hybridized carbons (Fsp3) is 0.100. The maximum Gasteiger partial charge on any atom is 0.262 e. The van der Waals surface area contributed by atoms with Gasteiger partial charge in [-0.2, -0.15) is 0 Å². The normalized spacial score (nSPS) is 12.4. The lowest BCUT2D eigenvalue weighted by molar-refractivity contribution is 0.417. The molecule has 4 rings (SSSR count). The fourth-order valence-electron chi connectivity index (χ4n) is 3.22. The van der Waals surface area contributed by atoms with Gasteiger partial charge in [-0.3, -0.25) is 4.72 Å². The van der Waals surface area contributed by atoms with E-state index in [9.17, 15) is 8.42 Å². The molecular weight excluding hydrogens is 334 g/mol. The molecule has 126 valence electrons. The van der Waals surface area contributed by atoms with Gasteiger partial charge in [-0.25, -0.2) is 8.42 Å². The molecule has 1 N–H and O–H groups in total. The van der Waals surface area contributed by atoms with Gasteiger partial charge in [0.25, 0.3) is 10.0 Å². The van der Waals surface area contributed by atoms with Gasteiger partial charge >= 0.3 is 0 Å². The first kappa shape index (κ1) is 15.7. The Morgan fingerprint density at radius 1 is 0.880 bits per heavy atom. The van der Waals surface area contributed by atoms with Gasteiger partial charge in [0.1, 0.15) is 5.75 Å². The Morgan fingerprint density at radius 2 is 1.60 bits per heavy atom. The van der Waals surface area contributed by atoms with Crippen molar-refractivity contribution in [2.75, 3.05) is 11.8 Å². The largest absolute Gasteiger partial charge is 0.495 e. The van der Waals surface area contributed by atoms with E-state index in [0.29, 0.717) is 11.4 Å². The molecule has 3 aromatic carbocycles. The molecule has 25 heavy (non-hydrogen) atoms. The van der Waals surface area contributed by atoms with E-state index in [4.69, 9.17) is 4.74 Å². The predicted octanol–water partition coefficient (Wildman–Crippen LogP) is 4.07. The number of ether oxygens (including phenoxy) is 1. The van der Waals surface area contributed by atoms with Crippen molar-refractivity contribution in [1.82, 2.24) is 0 Å². The summed E-state index contributed by atoms with van der Waals surface area (Å²) in [6.45, 7) is 0. The van der Waals surface area contributed by atoms with Crippen LogP contribution in [-0.4, -0.2) is 15.5 Å². The maximum atomic E-state index is 12.8. The zero-order chi connectivity index (χ0) is 17.4. The lowest BCUT2D eigenvalue weighted by atomic mass is 10.1. The quantitative estimate of drug-likeness (QED) is 0.603. The highest BCUT2D eigenvalue weighted by Crippen LogP contribution is 2.37. The van der Waals surface area contributed by atoms with E-state index in [1.165, 1.54) is 18.2 Å². The minimum absolute atomic E-state index is 0.255. The second-order valence-electron chi connectivity index (χ2n) is 5.96. The van der Waals surface area contributed by atoms with Crippen molar-refractivity contribution in [2.45, 2.75) is 11.3 Å². The molecule has 1 aliphatic rings. The summed E-state index contributed by atoms with van der Waals surface area (Å²) >= 11 is 0. The van der Waals surface area contributed by atoms with Crippen molar-refractivity contribution < 1.29 is 13.2 Å². The number of rotatable bonds is 4. The van der Waals surface area contributed by atoms with Gasteiger partial charge < -0.3 is 4.74 Å². The molecule has 0 spiro atoms. The summed E-state index contributed by atoms with van der Waals surface area (Å²) in [7, 11) is -2.17. The zero-order valence-corrected chi connectivity index (χ0v) is 14.5. The molecule has 0 amide bonds. The Labute approximate surface area is 147 Å². The molecule has 0 heterocycles. The number of fused-ring (bicyclic) bond motifs is 3. The minimum atomic E-state index is -3.68. The van der Waals surface area contributed by atoms with Crippen molar-refractivity contribution in [3.8, 4) is 16.9 Å². The van der Waals surface area contributed by atoms with Gasteiger partial charge in [0, 0.05) is 0 Å². The zero-order valence-electron chi connectivity index (χ0n) is 13.7. The average molecular weight is 351 g/mol. The van der Waals surface area contributed by atoms with Crippen molar-refractivity contribution >= 4 is 15.7 Å². The van der Waals surface area contributed by atoms with Crippen molar-refractivity contribution in [3.63, 3.8) is 0 Å². The summed E-state index contributed by atoms with van der Waals surface area (Å²) in [6, 6.07) is 20.4. The van der Waals surface area contributed by atoms with Crippen LogP contribution in [0.25, 0.3) is 11.1 Å². The van der Waals surface area contributed by atoms with Crippen LogP contribution in [0.2, 0.25) is 0 Å². The topological polar surface area (TPSA) is 55.4 Å². The third-order valence-electron chi connectivity index (χ3n) is 4.43. The average Bonchev–Trinajstić information content (AvgIpc) is 2.99. The monoisotopic (exact) mass is 351 g/mol. The molecule has 1 aliphatic carbocycles. The summed E-state index contributed by atoms with van der Waals surface area (Å²) in [6.07, 6.45) is 0.753. The third kappa shape index (κ3) is 2.76. The van der Waals surface area contributed by atoms with Crippen LogP contribution in [0.4, 0.5) is 5.69 Å². The van der Waals surface area contributed by atoms with E-state index in [2.05, 4.69) is 16.9 Å².